The van der Waals surface area contributed by atoms with E-state index in [2.05, 4.69) is 20.9 Å². The predicted molar refractivity (Wildman–Crippen MR) is 148 cm³/mol. The highest BCUT2D eigenvalue weighted by atomic mass is 32.2. The number of para-hydroxylation sites is 1. The van der Waals surface area contributed by atoms with E-state index in [-0.39, 0.29) is 18.8 Å². The second-order valence-electron chi connectivity index (χ2n) is 9.45. The third-order valence-corrected chi connectivity index (χ3v) is 7.18. The van der Waals surface area contributed by atoms with Gasteiger partial charge in [0.25, 0.3) is 0 Å². The van der Waals surface area contributed by atoms with E-state index in [9.17, 15) is 29.4 Å². The SMILES string of the molecule is CCC(C)C(NC(=O)C(NC(=O)C(N)Cc1c[nH]c2ccccc12)C(C)O)C(=O)NC(CCSC)C(=O)O. The molecule has 0 radical (unpaired) electrons. The van der Waals surface area contributed by atoms with Crippen molar-refractivity contribution in [2.45, 2.75) is 70.3 Å². The Morgan fingerprint density at radius 1 is 1.03 bits per heavy atom. The lowest BCUT2D eigenvalue weighted by Crippen LogP contribution is -2.61. The van der Waals surface area contributed by atoms with Gasteiger partial charge >= 0.3 is 5.97 Å². The number of nitrogens with two attached hydrogens (primary N) is 1. The van der Waals surface area contributed by atoms with Gasteiger partial charge in [-0.3, -0.25) is 14.4 Å². The number of H-pyrrole nitrogens is 1. The molecule has 8 N–H and O–H groups in total. The van der Waals surface area contributed by atoms with Crippen LogP contribution in [0.3, 0.4) is 0 Å². The van der Waals surface area contributed by atoms with Crippen molar-refractivity contribution < 1.29 is 29.4 Å². The van der Waals surface area contributed by atoms with E-state index in [0.29, 0.717) is 12.2 Å². The molecule has 6 unspecified atom stereocenters. The molecule has 0 bridgehead atoms. The summed E-state index contributed by atoms with van der Waals surface area (Å²) in [6.45, 7) is 4.92. The summed E-state index contributed by atoms with van der Waals surface area (Å²) in [6.07, 6.45) is 3.27. The van der Waals surface area contributed by atoms with Gasteiger partial charge in [0.1, 0.15) is 18.1 Å². The molecule has 6 atom stereocenters. The molecule has 0 saturated heterocycles. The Kier molecular flexibility index (Phi) is 12.1. The third kappa shape index (κ3) is 8.47. The molecule has 0 aliphatic carbocycles. The summed E-state index contributed by atoms with van der Waals surface area (Å²) in [5, 5.41) is 28.3. The van der Waals surface area contributed by atoms with Gasteiger partial charge in [-0.25, -0.2) is 4.79 Å². The Bertz CT molecular complexity index is 1110. The number of carbonyl (C=O) groups is 4. The van der Waals surface area contributed by atoms with Crippen LogP contribution in [0.25, 0.3) is 10.9 Å². The van der Waals surface area contributed by atoms with Gasteiger partial charge in [0, 0.05) is 17.1 Å². The summed E-state index contributed by atoms with van der Waals surface area (Å²) >= 11 is 1.46. The quantitative estimate of drug-likeness (QED) is 0.170. The molecule has 0 aliphatic rings. The monoisotopic (exact) mass is 549 g/mol. The van der Waals surface area contributed by atoms with Crippen molar-refractivity contribution in [3.05, 3.63) is 36.0 Å². The lowest BCUT2D eigenvalue weighted by atomic mass is 9.97. The normalized spacial score (nSPS) is 16.1. The van der Waals surface area contributed by atoms with E-state index in [0.717, 1.165) is 16.5 Å². The number of hydrogen-bond acceptors (Lipinski definition) is 7. The number of aliphatic hydroxyl groups is 1. The standard InChI is InChI=1S/C26H39N5O6S/c1-5-14(2)21(24(34)29-20(26(36)37)10-11-38-4)30-25(35)22(15(3)32)31-23(33)18(27)12-16-13-28-19-9-7-6-8-17(16)19/h6-9,13-15,18,20-22,28,32H,5,10-12,27H2,1-4H3,(H,29,34)(H,30,35)(H,31,33)(H,36,37). The molecule has 0 spiro atoms. The van der Waals surface area contributed by atoms with Crippen LogP contribution in [0.2, 0.25) is 0 Å². The van der Waals surface area contributed by atoms with Crippen molar-refractivity contribution in [3.63, 3.8) is 0 Å². The highest BCUT2D eigenvalue weighted by Gasteiger charge is 2.34. The number of carboxylic acids is 1. The smallest absolute Gasteiger partial charge is 0.326 e. The zero-order valence-electron chi connectivity index (χ0n) is 22.2. The van der Waals surface area contributed by atoms with Gasteiger partial charge in [0.15, 0.2) is 0 Å². The molecule has 1 aromatic heterocycles. The average Bonchev–Trinajstić information content (AvgIpc) is 3.29. The van der Waals surface area contributed by atoms with Crippen LogP contribution in [0.15, 0.2) is 30.5 Å². The first-order chi connectivity index (χ1) is 18.0. The van der Waals surface area contributed by atoms with Crippen molar-refractivity contribution in [2.24, 2.45) is 11.7 Å². The number of aromatic amines is 1. The predicted octanol–water partition coefficient (Wildman–Crippen LogP) is 0.757. The number of thioether (sulfide) groups is 1. The maximum Gasteiger partial charge on any atom is 0.326 e. The Morgan fingerprint density at radius 2 is 1.66 bits per heavy atom. The molecule has 0 saturated carbocycles. The maximum atomic E-state index is 13.1. The molecular formula is C26H39N5O6S. The van der Waals surface area contributed by atoms with Crippen LogP contribution < -0.4 is 21.7 Å². The highest BCUT2D eigenvalue weighted by molar-refractivity contribution is 7.98. The molecular weight excluding hydrogens is 510 g/mol. The van der Waals surface area contributed by atoms with Crippen LogP contribution in [0.4, 0.5) is 0 Å². The minimum atomic E-state index is -1.37. The molecule has 2 rings (SSSR count). The summed E-state index contributed by atoms with van der Waals surface area (Å²) in [5.41, 5.74) is 7.87. The molecule has 1 heterocycles. The Hall–Kier alpha value is -3.09. The molecule has 1 aromatic carbocycles. The fourth-order valence-corrected chi connectivity index (χ4v) is 4.47. The van der Waals surface area contributed by atoms with Crippen LogP contribution in [0.5, 0.6) is 0 Å². The number of carboxylic acid groups (broad SMARTS) is 1. The van der Waals surface area contributed by atoms with Crippen molar-refractivity contribution in [1.82, 2.24) is 20.9 Å². The molecule has 0 fully saturated rings. The molecule has 0 aliphatic heterocycles. The van der Waals surface area contributed by atoms with Crippen molar-refractivity contribution >= 4 is 46.4 Å². The number of aromatic nitrogens is 1. The van der Waals surface area contributed by atoms with Gasteiger partial charge < -0.3 is 36.9 Å². The number of aliphatic carboxylic acids is 1. The van der Waals surface area contributed by atoms with E-state index < -0.39 is 54.0 Å². The third-order valence-electron chi connectivity index (χ3n) is 6.53. The van der Waals surface area contributed by atoms with E-state index >= 15 is 0 Å². The second kappa shape index (κ2) is 14.7. The summed E-state index contributed by atoms with van der Waals surface area (Å²) in [5.74, 6) is -3.03. The fraction of sp³-hybridized carbons (Fsp3) is 0.538. The largest absolute Gasteiger partial charge is 0.480 e. The number of amides is 3. The van der Waals surface area contributed by atoms with Crippen LogP contribution in [-0.4, -0.2) is 81.2 Å². The van der Waals surface area contributed by atoms with Gasteiger partial charge in [-0.2, -0.15) is 11.8 Å². The number of carbonyl (C=O) groups excluding carboxylic acids is 3. The summed E-state index contributed by atoms with van der Waals surface area (Å²) in [4.78, 5) is 53.7. The number of rotatable bonds is 15. The minimum Gasteiger partial charge on any atom is -0.480 e. The summed E-state index contributed by atoms with van der Waals surface area (Å²) in [6, 6.07) is 3.05. The minimum absolute atomic E-state index is 0.203. The second-order valence-corrected chi connectivity index (χ2v) is 10.4. The van der Waals surface area contributed by atoms with Crippen LogP contribution in [0, 0.1) is 5.92 Å². The van der Waals surface area contributed by atoms with Crippen LogP contribution >= 0.6 is 11.8 Å². The molecule has 38 heavy (non-hydrogen) atoms. The highest BCUT2D eigenvalue weighted by Crippen LogP contribution is 2.19. The Balaban J connectivity index is 2.10. The van der Waals surface area contributed by atoms with Crippen LogP contribution in [-0.2, 0) is 25.6 Å². The van der Waals surface area contributed by atoms with Gasteiger partial charge in [0.05, 0.1) is 12.1 Å². The van der Waals surface area contributed by atoms with Gasteiger partial charge in [0.2, 0.25) is 17.7 Å². The van der Waals surface area contributed by atoms with Gasteiger partial charge in [-0.1, -0.05) is 38.5 Å². The molecule has 2 aromatic rings. The van der Waals surface area contributed by atoms with E-state index in [1.54, 1.807) is 13.1 Å². The number of hydrogen-bond donors (Lipinski definition) is 7. The number of nitrogens with one attached hydrogen (secondary N) is 4. The van der Waals surface area contributed by atoms with E-state index in [4.69, 9.17) is 5.73 Å². The zero-order chi connectivity index (χ0) is 28.4. The molecule has 210 valence electrons. The molecule has 3 amide bonds. The Labute approximate surface area is 226 Å². The van der Waals surface area contributed by atoms with Crippen molar-refractivity contribution in [3.8, 4) is 0 Å². The molecule has 11 nitrogen and oxygen atoms in total. The van der Waals surface area contributed by atoms with E-state index in [1.165, 1.54) is 18.7 Å². The first-order valence-corrected chi connectivity index (χ1v) is 14.0. The van der Waals surface area contributed by atoms with Crippen molar-refractivity contribution in [1.29, 1.82) is 0 Å². The van der Waals surface area contributed by atoms with Crippen LogP contribution in [0.1, 0.15) is 39.2 Å². The first-order valence-electron chi connectivity index (χ1n) is 12.6. The average molecular weight is 550 g/mol. The van der Waals surface area contributed by atoms with Gasteiger partial charge in [-0.05, 0) is 49.3 Å². The lowest BCUT2D eigenvalue weighted by molar-refractivity contribution is -0.142. The summed E-state index contributed by atoms with van der Waals surface area (Å²) in [7, 11) is 0. The number of fused-ring (bicyclic) bond motifs is 1. The van der Waals surface area contributed by atoms with Gasteiger partial charge in [-0.15, -0.1) is 0 Å². The summed E-state index contributed by atoms with van der Waals surface area (Å²) < 4.78 is 0. The fourth-order valence-electron chi connectivity index (χ4n) is 4.00. The first kappa shape index (κ1) is 31.1. The molecule has 12 heteroatoms. The lowest BCUT2D eigenvalue weighted by Gasteiger charge is -2.29. The maximum absolute atomic E-state index is 13.1. The van der Waals surface area contributed by atoms with Crippen molar-refractivity contribution in [2.75, 3.05) is 12.0 Å². The van der Waals surface area contributed by atoms with E-state index in [1.807, 2.05) is 37.4 Å². The zero-order valence-corrected chi connectivity index (χ0v) is 23.0. The number of aliphatic hydroxyl groups excluding tert-OH is 1. The number of benzene rings is 1. The Morgan fingerprint density at radius 3 is 2.26 bits per heavy atom. The topological polar surface area (TPSA) is 187 Å².